The van der Waals surface area contributed by atoms with Gasteiger partial charge in [-0.2, -0.15) is 8.42 Å². The topological polar surface area (TPSA) is 43.4 Å². The Bertz CT molecular complexity index is 1010. The predicted molar refractivity (Wildman–Crippen MR) is 116 cm³/mol. The average Bonchev–Trinajstić information content (AvgIpc) is 2.65. The van der Waals surface area contributed by atoms with E-state index in [1.165, 1.54) is 36.6 Å². The van der Waals surface area contributed by atoms with E-state index < -0.39 is 10.1 Å². The summed E-state index contributed by atoms with van der Waals surface area (Å²) in [4.78, 5) is 0.169. The van der Waals surface area contributed by atoms with E-state index in [0.717, 1.165) is 11.1 Å². The Balaban J connectivity index is 1.96. The zero-order valence-corrected chi connectivity index (χ0v) is 18.5. The first-order chi connectivity index (χ1) is 13.0. The van der Waals surface area contributed by atoms with Crippen LogP contribution in [-0.2, 0) is 25.1 Å². The van der Waals surface area contributed by atoms with Crippen LogP contribution in [0, 0.1) is 0 Å². The van der Waals surface area contributed by atoms with Gasteiger partial charge in [0.1, 0.15) is 0 Å². The molecule has 0 saturated heterocycles. The molecular weight excluding hydrogens is 368 g/mol. The third kappa shape index (κ3) is 3.94. The molecule has 0 heterocycles. The maximum atomic E-state index is 11.8. The molecule has 0 spiro atoms. The highest BCUT2D eigenvalue weighted by Gasteiger charge is 2.36. The number of rotatable bonds is 4. The molecule has 0 unspecified atom stereocenters. The Morgan fingerprint density at radius 2 is 1.50 bits per heavy atom. The minimum atomic E-state index is -3.65. The van der Waals surface area contributed by atoms with Crippen molar-refractivity contribution in [1.82, 2.24) is 0 Å². The second-order valence-corrected chi connectivity index (χ2v) is 10.8. The van der Waals surface area contributed by atoms with Gasteiger partial charge in [-0.3, -0.25) is 4.18 Å². The molecule has 2 aromatic carbocycles. The Morgan fingerprint density at radius 3 is 2.07 bits per heavy atom. The Labute approximate surface area is 169 Å². The van der Waals surface area contributed by atoms with E-state index in [1.54, 1.807) is 24.3 Å². The van der Waals surface area contributed by atoms with E-state index in [9.17, 15) is 8.42 Å². The number of fused-ring (bicyclic) bond motifs is 1. The molecule has 0 fully saturated rings. The van der Waals surface area contributed by atoms with Gasteiger partial charge in [-0.15, -0.1) is 0 Å². The van der Waals surface area contributed by atoms with Crippen molar-refractivity contribution < 1.29 is 12.6 Å². The highest BCUT2D eigenvalue weighted by Crippen LogP contribution is 2.46. The molecule has 2 aromatic rings. The van der Waals surface area contributed by atoms with Crippen molar-refractivity contribution in [3.63, 3.8) is 0 Å². The molecule has 0 N–H and O–H groups in total. The number of allylic oxidation sites excluding steroid dienone is 1. The van der Waals surface area contributed by atoms with Crippen LogP contribution in [-0.4, -0.2) is 15.5 Å². The van der Waals surface area contributed by atoms with Crippen molar-refractivity contribution in [2.75, 3.05) is 7.11 Å². The molecular formula is C24H30O3S. The van der Waals surface area contributed by atoms with Crippen LogP contribution in [0.1, 0.15) is 69.7 Å². The predicted octanol–water partition coefficient (Wildman–Crippen LogP) is 5.93. The first-order valence-corrected chi connectivity index (χ1v) is 11.1. The van der Waals surface area contributed by atoms with Gasteiger partial charge in [0.05, 0.1) is 12.0 Å². The lowest BCUT2D eigenvalue weighted by atomic mass is 9.63. The van der Waals surface area contributed by atoms with Crippen molar-refractivity contribution in [1.29, 1.82) is 0 Å². The van der Waals surface area contributed by atoms with E-state index in [2.05, 4.69) is 63.1 Å². The standard InChI is InChI=1S/C24H30O3S/c1-17(15-18-7-10-20(11-8-18)28(25,26)27-6)19-9-12-21-22(16-19)24(4,5)14-13-23(21,2)3/h7-12,15-16H,13-14H2,1-6H3. The zero-order valence-electron chi connectivity index (χ0n) is 17.7. The van der Waals surface area contributed by atoms with Gasteiger partial charge < -0.3 is 0 Å². The van der Waals surface area contributed by atoms with E-state index >= 15 is 0 Å². The van der Waals surface area contributed by atoms with Gasteiger partial charge in [-0.05, 0) is 70.6 Å². The summed E-state index contributed by atoms with van der Waals surface area (Å²) in [7, 11) is -2.48. The maximum Gasteiger partial charge on any atom is 0.296 e. The van der Waals surface area contributed by atoms with Crippen LogP contribution in [0.25, 0.3) is 11.6 Å². The number of benzene rings is 2. The summed E-state index contributed by atoms with van der Waals surface area (Å²) in [5, 5.41) is 0. The SMILES string of the molecule is COS(=O)(=O)c1ccc(C=C(C)c2ccc3c(c2)C(C)(C)CCC3(C)C)cc1. The molecule has 28 heavy (non-hydrogen) atoms. The van der Waals surface area contributed by atoms with Gasteiger partial charge in [0.2, 0.25) is 0 Å². The Hall–Kier alpha value is -1.91. The molecule has 0 bridgehead atoms. The van der Waals surface area contributed by atoms with E-state index in [1.807, 2.05) is 0 Å². The summed E-state index contributed by atoms with van der Waals surface area (Å²) < 4.78 is 28.1. The third-order valence-electron chi connectivity index (χ3n) is 6.08. The van der Waals surface area contributed by atoms with Crippen LogP contribution in [0.4, 0.5) is 0 Å². The minimum absolute atomic E-state index is 0.169. The molecule has 0 saturated carbocycles. The minimum Gasteiger partial charge on any atom is -0.270 e. The highest BCUT2D eigenvalue weighted by molar-refractivity contribution is 7.86. The molecule has 3 rings (SSSR count). The fourth-order valence-electron chi connectivity index (χ4n) is 3.99. The van der Waals surface area contributed by atoms with Crippen LogP contribution in [0.3, 0.4) is 0 Å². The summed E-state index contributed by atoms with van der Waals surface area (Å²) >= 11 is 0. The highest BCUT2D eigenvalue weighted by atomic mass is 32.2. The molecule has 3 nitrogen and oxygen atoms in total. The molecule has 0 radical (unpaired) electrons. The van der Waals surface area contributed by atoms with E-state index in [0.29, 0.717) is 0 Å². The molecule has 1 aliphatic rings. The zero-order chi connectivity index (χ0) is 20.7. The Morgan fingerprint density at radius 1 is 0.929 bits per heavy atom. The molecule has 0 atom stereocenters. The second-order valence-electron chi connectivity index (χ2n) is 9.05. The summed E-state index contributed by atoms with van der Waals surface area (Å²) in [6.45, 7) is 11.4. The Kier molecular flexibility index (Phi) is 5.32. The maximum absolute atomic E-state index is 11.8. The fraction of sp³-hybridized carbons (Fsp3) is 0.417. The molecule has 0 amide bonds. The van der Waals surface area contributed by atoms with Gasteiger partial charge in [-0.1, -0.05) is 64.1 Å². The lowest BCUT2D eigenvalue weighted by Crippen LogP contribution is -2.33. The van der Waals surface area contributed by atoms with Crippen LogP contribution < -0.4 is 0 Å². The van der Waals surface area contributed by atoms with Crippen molar-refractivity contribution in [2.24, 2.45) is 0 Å². The van der Waals surface area contributed by atoms with Gasteiger partial charge in [0.25, 0.3) is 10.1 Å². The van der Waals surface area contributed by atoms with Crippen molar-refractivity contribution in [3.05, 3.63) is 64.7 Å². The summed E-state index contributed by atoms with van der Waals surface area (Å²) in [5.41, 5.74) is 6.61. The lowest BCUT2D eigenvalue weighted by molar-refractivity contribution is 0.332. The number of hydrogen-bond donors (Lipinski definition) is 0. The summed E-state index contributed by atoms with van der Waals surface area (Å²) in [5.74, 6) is 0. The molecule has 150 valence electrons. The van der Waals surface area contributed by atoms with Crippen molar-refractivity contribution >= 4 is 21.8 Å². The average molecular weight is 399 g/mol. The first kappa shape index (κ1) is 20.8. The molecule has 1 aliphatic carbocycles. The van der Waals surface area contributed by atoms with E-state index in [-0.39, 0.29) is 15.7 Å². The van der Waals surface area contributed by atoms with Crippen molar-refractivity contribution in [3.8, 4) is 0 Å². The van der Waals surface area contributed by atoms with E-state index in [4.69, 9.17) is 0 Å². The molecule has 4 heteroatoms. The van der Waals surface area contributed by atoms with Crippen molar-refractivity contribution in [2.45, 2.75) is 63.2 Å². The normalized spacial score (nSPS) is 18.6. The molecule has 0 aromatic heterocycles. The quantitative estimate of drug-likeness (QED) is 0.473. The summed E-state index contributed by atoms with van der Waals surface area (Å²) in [6.07, 6.45) is 4.48. The van der Waals surface area contributed by atoms with Gasteiger partial charge >= 0.3 is 0 Å². The fourth-order valence-corrected chi connectivity index (χ4v) is 4.66. The molecule has 0 aliphatic heterocycles. The number of hydrogen-bond acceptors (Lipinski definition) is 3. The van der Waals surface area contributed by atoms with Crippen LogP contribution in [0.15, 0.2) is 47.4 Å². The van der Waals surface area contributed by atoms with Crippen LogP contribution in [0.2, 0.25) is 0 Å². The van der Waals surface area contributed by atoms with Gasteiger partial charge in [-0.25, -0.2) is 0 Å². The third-order valence-corrected chi connectivity index (χ3v) is 7.37. The van der Waals surface area contributed by atoms with Crippen LogP contribution >= 0.6 is 0 Å². The summed E-state index contributed by atoms with van der Waals surface area (Å²) in [6, 6.07) is 13.6. The van der Waals surface area contributed by atoms with Gasteiger partial charge in [0, 0.05) is 0 Å². The second kappa shape index (κ2) is 7.16. The smallest absolute Gasteiger partial charge is 0.270 e. The largest absolute Gasteiger partial charge is 0.296 e. The first-order valence-electron chi connectivity index (χ1n) is 9.71. The monoisotopic (exact) mass is 398 g/mol. The van der Waals surface area contributed by atoms with Crippen LogP contribution in [0.5, 0.6) is 0 Å². The lowest BCUT2D eigenvalue weighted by Gasteiger charge is -2.42. The van der Waals surface area contributed by atoms with Gasteiger partial charge in [0.15, 0.2) is 0 Å².